The molecule has 3 nitrogen and oxygen atoms in total. The molecule has 0 fully saturated rings. The molecule has 1 aromatic heterocycles. The standard InChI is InChI=1S/C15H16F2N2OS/c1-9(5-10-3-4-21-8-10)19-15(20)11-6-12(16)14(18-2)13(17)7-11/h3-4,6-9,18H,5H2,1-2H3,(H,19,20). The predicted molar refractivity (Wildman–Crippen MR) is 80.9 cm³/mol. The summed E-state index contributed by atoms with van der Waals surface area (Å²) in [5.41, 5.74) is 0.856. The molecule has 6 heteroatoms. The average molecular weight is 310 g/mol. The number of thiophene rings is 1. The van der Waals surface area contributed by atoms with Gasteiger partial charge >= 0.3 is 0 Å². The topological polar surface area (TPSA) is 41.1 Å². The highest BCUT2D eigenvalue weighted by atomic mass is 32.1. The Morgan fingerprint density at radius 3 is 2.52 bits per heavy atom. The molecular weight excluding hydrogens is 294 g/mol. The lowest BCUT2D eigenvalue weighted by Crippen LogP contribution is -2.34. The first kappa shape index (κ1) is 15.4. The summed E-state index contributed by atoms with van der Waals surface area (Å²) in [6, 6.07) is 3.92. The van der Waals surface area contributed by atoms with Gasteiger partial charge < -0.3 is 10.6 Å². The summed E-state index contributed by atoms with van der Waals surface area (Å²) in [4.78, 5) is 12.0. The Hall–Kier alpha value is -1.95. The molecule has 0 saturated heterocycles. The van der Waals surface area contributed by atoms with Crippen LogP contribution in [-0.4, -0.2) is 19.0 Å². The quantitative estimate of drug-likeness (QED) is 0.888. The van der Waals surface area contributed by atoms with Crippen molar-refractivity contribution in [3.05, 3.63) is 51.7 Å². The largest absolute Gasteiger partial charge is 0.383 e. The third-order valence-corrected chi connectivity index (χ3v) is 3.79. The molecule has 1 atom stereocenters. The molecule has 112 valence electrons. The molecule has 0 spiro atoms. The summed E-state index contributed by atoms with van der Waals surface area (Å²) >= 11 is 1.59. The van der Waals surface area contributed by atoms with E-state index >= 15 is 0 Å². The van der Waals surface area contributed by atoms with E-state index in [2.05, 4.69) is 10.6 Å². The molecule has 1 heterocycles. The van der Waals surface area contributed by atoms with Gasteiger partial charge in [-0.05, 0) is 47.9 Å². The Kier molecular flexibility index (Phi) is 4.90. The lowest BCUT2D eigenvalue weighted by Gasteiger charge is -2.14. The average Bonchev–Trinajstić information content (AvgIpc) is 2.90. The van der Waals surface area contributed by atoms with E-state index in [9.17, 15) is 13.6 Å². The number of nitrogens with one attached hydrogen (secondary N) is 2. The van der Waals surface area contributed by atoms with Gasteiger partial charge in [0.15, 0.2) is 0 Å². The van der Waals surface area contributed by atoms with E-state index in [-0.39, 0.29) is 17.3 Å². The van der Waals surface area contributed by atoms with Gasteiger partial charge in [-0.2, -0.15) is 11.3 Å². The number of benzene rings is 1. The monoisotopic (exact) mass is 310 g/mol. The Morgan fingerprint density at radius 1 is 1.33 bits per heavy atom. The summed E-state index contributed by atoms with van der Waals surface area (Å²) in [5.74, 6) is -2.06. The van der Waals surface area contributed by atoms with Crippen LogP contribution in [0.25, 0.3) is 0 Å². The van der Waals surface area contributed by atoms with Gasteiger partial charge in [-0.3, -0.25) is 4.79 Å². The van der Waals surface area contributed by atoms with Gasteiger partial charge in [0, 0.05) is 18.7 Å². The summed E-state index contributed by atoms with van der Waals surface area (Å²) in [6.45, 7) is 1.85. The van der Waals surface area contributed by atoms with Crippen molar-refractivity contribution < 1.29 is 13.6 Å². The van der Waals surface area contributed by atoms with Crippen LogP contribution in [0.3, 0.4) is 0 Å². The second kappa shape index (κ2) is 6.67. The zero-order chi connectivity index (χ0) is 15.4. The molecule has 0 bridgehead atoms. The van der Waals surface area contributed by atoms with Crippen molar-refractivity contribution in [2.45, 2.75) is 19.4 Å². The first-order valence-corrected chi connectivity index (χ1v) is 7.44. The number of halogens is 2. The minimum atomic E-state index is -0.784. The number of amides is 1. The van der Waals surface area contributed by atoms with Gasteiger partial charge in [-0.25, -0.2) is 8.78 Å². The third-order valence-electron chi connectivity index (χ3n) is 3.05. The SMILES string of the molecule is CNc1c(F)cc(C(=O)NC(C)Cc2ccsc2)cc1F. The second-order valence-corrected chi connectivity index (χ2v) is 5.56. The van der Waals surface area contributed by atoms with Crippen molar-refractivity contribution in [1.82, 2.24) is 5.32 Å². The molecule has 0 radical (unpaired) electrons. The highest BCUT2D eigenvalue weighted by molar-refractivity contribution is 7.07. The fourth-order valence-corrected chi connectivity index (χ4v) is 2.75. The van der Waals surface area contributed by atoms with Gasteiger partial charge in [-0.15, -0.1) is 0 Å². The van der Waals surface area contributed by atoms with Gasteiger partial charge in [0.05, 0.1) is 0 Å². The van der Waals surface area contributed by atoms with Crippen molar-refractivity contribution in [3.63, 3.8) is 0 Å². The fraction of sp³-hybridized carbons (Fsp3) is 0.267. The zero-order valence-corrected chi connectivity index (χ0v) is 12.6. The highest BCUT2D eigenvalue weighted by Gasteiger charge is 2.16. The van der Waals surface area contributed by atoms with E-state index in [4.69, 9.17) is 0 Å². The molecular formula is C15H16F2N2OS. The minimum Gasteiger partial charge on any atom is -0.383 e. The Morgan fingerprint density at radius 2 is 2.00 bits per heavy atom. The van der Waals surface area contributed by atoms with Crippen LogP contribution in [0.4, 0.5) is 14.5 Å². The summed E-state index contributed by atoms with van der Waals surface area (Å²) in [7, 11) is 1.42. The van der Waals surface area contributed by atoms with E-state index in [1.807, 2.05) is 23.8 Å². The van der Waals surface area contributed by atoms with Crippen LogP contribution in [0.5, 0.6) is 0 Å². The lowest BCUT2D eigenvalue weighted by atomic mass is 10.1. The van der Waals surface area contributed by atoms with Crippen LogP contribution < -0.4 is 10.6 Å². The molecule has 2 N–H and O–H groups in total. The van der Waals surface area contributed by atoms with E-state index < -0.39 is 17.5 Å². The van der Waals surface area contributed by atoms with Crippen LogP contribution in [-0.2, 0) is 6.42 Å². The molecule has 0 aliphatic heterocycles. The normalized spacial score (nSPS) is 12.0. The van der Waals surface area contributed by atoms with Crippen molar-refractivity contribution in [2.75, 3.05) is 12.4 Å². The maximum atomic E-state index is 13.6. The van der Waals surface area contributed by atoms with E-state index in [1.165, 1.54) is 7.05 Å². The van der Waals surface area contributed by atoms with Crippen molar-refractivity contribution in [2.24, 2.45) is 0 Å². The van der Waals surface area contributed by atoms with E-state index in [0.29, 0.717) is 6.42 Å². The first-order chi connectivity index (χ1) is 10.0. The Balaban J connectivity index is 2.06. The van der Waals surface area contributed by atoms with Crippen molar-refractivity contribution >= 4 is 22.9 Å². The molecule has 1 aromatic carbocycles. The van der Waals surface area contributed by atoms with Crippen LogP contribution in [0.2, 0.25) is 0 Å². The summed E-state index contributed by atoms with van der Waals surface area (Å²) in [6.07, 6.45) is 0.675. The minimum absolute atomic E-state index is 0.0267. The predicted octanol–water partition coefficient (Wildman–Crippen LogP) is 3.43. The van der Waals surface area contributed by atoms with E-state index in [1.54, 1.807) is 11.3 Å². The second-order valence-electron chi connectivity index (χ2n) is 4.78. The zero-order valence-electron chi connectivity index (χ0n) is 11.7. The molecule has 0 saturated carbocycles. The number of hydrogen-bond acceptors (Lipinski definition) is 3. The molecule has 0 aliphatic rings. The van der Waals surface area contributed by atoms with Crippen LogP contribution >= 0.6 is 11.3 Å². The van der Waals surface area contributed by atoms with Crippen molar-refractivity contribution in [3.8, 4) is 0 Å². The number of carbonyl (C=O) groups excluding carboxylic acids is 1. The lowest BCUT2D eigenvalue weighted by molar-refractivity contribution is 0.0939. The van der Waals surface area contributed by atoms with E-state index in [0.717, 1.165) is 17.7 Å². The first-order valence-electron chi connectivity index (χ1n) is 6.50. The molecule has 2 rings (SSSR count). The number of carbonyl (C=O) groups is 1. The van der Waals surface area contributed by atoms with Crippen LogP contribution in [0.15, 0.2) is 29.0 Å². The highest BCUT2D eigenvalue weighted by Crippen LogP contribution is 2.20. The van der Waals surface area contributed by atoms with Crippen LogP contribution in [0.1, 0.15) is 22.8 Å². The number of anilines is 1. The van der Waals surface area contributed by atoms with Crippen LogP contribution in [0, 0.1) is 11.6 Å². The fourth-order valence-electron chi connectivity index (χ4n) is 2.06. The number of hydrogen-bond donors (Lipinski definition) is 2. The van der Waals surface area contributed by atoms with Gasteiger partial charge in [0.1, 0.15) is 17.3 Å². The van der Waals surface area contributed by atoms with Crippen molar-refractivity contribution in [1.29, 1.82) is 0 Å². The summed E-state index contributed by atoms with van der Waals surface area (Å²) < 4.78 is 27.3. The molecule has 2 aromatic rings. The third kappa shape index (κ3) is 3.78. The Bertz CT molecular complexity index is 606. The molecule has 1 amide bonds. The van der Waals surface area contributed by atoms with Gasteiger partial charge in [0.25, 0.3) is 5.91 Å². The van der Waals surface area contributed by atoms with Gasteiger partial charge in [0.2, 0.25) is 0 Å². The van der Waals surface area contributed by atoms with Gasteiger partial charge in [-0.1, -0.05) is 0 Å². The molecule has 21 heavy (non-hydrogen) atoms. The Labute approximate surface area is 126 Å². The maximum absolute atomic E-state index is 13.6. The smallest absolute Gasteiger partial charge is 0.251 e. The maximum Gasteiger partial charge on any atom is 0.251 e. The molecule has 0 aliphatic carbocycles. The summed E-state index contributed by atoms with van der Waals surface area (Å²) in [5, 5.41) is 9.13. The molecule has 1 unspecified atom stereocenters. The number of rotatable bonds is 5.